The van der Waals surface area contributed by atoms with Crippen LogP contribution >= 0.6 is 11.8 Å². The maximum Gasteiger partial charge on any atom is 0.391 e. The first kappa shape index (κ1) is 18.2. The molecular formula is C15H21F3N2O2S. The average Bonchev–Trinajstić information content (AvgIpc) is 2.78. The van der Waals surface area contributed by atoms with Gasteiger partial charge in [-0.25, -0.2) is 0 Å². The molecule has 1 aromatic heterocycles. The van der Waals surface area contributed by atoms with Gasteiger partial charge in [0.2, 0.25) is 5.91 Å². The summed E-state index contributed by atoms with van der Waals surface area (Å²) < 4.78 is 42.8. The standard InChI is InChI=1S/C15H21F3N2O2S/c1-9-13(10(2)22-20-9)7-23-8-14(21)19-12-5-3-11(4-6-12)15(16,17)18/h11-12H,3-8H2,1-2H3,(H,19,21). The molecule has 4 nitrogen and oxygen atoms in total. The fraction of sp³-hybridized carbons (Fsp3) is 0.733. The van der Waals surface area contributed by atoms with Crippen LogP contribution in [-0.4, -0.2) is 29.0 Å². The molecule has 23 heavy (non-hydrogen) atoms. The molecule has 8 heteroatoms. The molecule has 1 aliphatic carbocycles. The van der Waals surface area contributed by atoms with Gasteiger partial charge in [0, 0.05) is 17.4 Å². The number of aryl methyl sites for hydroxylation is 2. The third-order valence-corrected chi connectivity index (χ3v) is 5.18. The Hall–Kier alpha value is -1.18. The third kappa shape index (κ3) is 5.16. The summed E-state index contributed by atoms with van der Waals surface area (Å²) in [7, 11) is 0. The number of thioether (sulfide) groups is 1. The summed E-state index contributed by atoms with van der Waals surface area (Å²) >= 11 is 1.45. The van der Waals surface area contributed by atoms with E-state index < -0.39 is 12.1 Å². The Balaban J connectivity index is 1.68. The topological polar surface area (TPSA) is 55.1 Å². The summed E-state index contributed by atoms with van der Waals surface area (Å²) in [5.74, 6) is 0.321. The molecule has 1 fully saturated rings. The predicted molar refractivity (Wildman–Crippen MR) is 82.1 cm³/mol. The van der Waals surface area contributed by atoms with Crippen molar-refractivity contribution in [3.05, 3.63) is 17.0 Å². The van der Waals surface area contributed by atoms with Crippen LogP contribution in [0.1, 0.15) is 42.7 Å². The van der Waals surface area contributed by atoms with E-state index in [0.29, 0.717) is 18.6 Å². The van der Waals surface area contributed by atoms with Crippen LogP contribution in [-0.2, 0) is 10.5 Å². The number of aromatic nitrogens is 1. The van der Waals surface area contributed by atoms with Crippen LogP contribution in [0.25, 0.3) is 0 Å². The van der Waals surface area contributed by atoms with E-state index in [1.807, 2.05) is 13.8 Å². The van der Waals surface area contributed by atoms with Crippen molar-refractivity contribution in [1.82, 2.24) is 10.5 Å². The average molecular weight is 350 g/mol. The first-order valence-electron chi connectivity index (χ1n) is 7.63. The van der Waals surface area contributed by atoms with Crippen LogP contribution in [0.4, 0.5) is 13.2 Å². The van der Waals surface area contributed by atoms with E-state index >= 15 is 0 Å². The zero-order valence-electron chi connectivity index (χ0n) is 13.2. The molecule has 1 N–H and O–H groups in total. The van der Waals surface area contributed by atoms with Gasteiger partial charge in [-0.2, -0.15) is 13.2 Å². The van der Waals surface area contributed by atoms with Crippen molar-refractivity contribution >= 4 is 17.7 Å². The largest absolute Gasteiger partial charge is 0.391 e. The van der Waals surface area contributed by atoms with Gasteiger partial charge in [0.15, 0.2) is 0 Å². The Labute approximate surface area is 137 Å². The minimum absolute atomic E-state index is 0.0979. The summed E-state index contributed by atoms with van der Waals surface area (Å²) in [6, 6.07) is -0.138. The third-order valence-electron chi connectivity index (χ3n) is 4.22. The molecule has 0 aliphatic heterocycles. The Morgan fingerprint density at radius 1 is 1.30 bits per heavy atom. The van der Waals surface area contributed by atoms with Gasteiger partial charge in [0.05, 0.1) is 17.4 Å². The Kier molecular flexibility index (Phi) is 6.00. The van der Waals surface area contributed by atoms with Gasteiger partial charge in [-0.15, -0.1) is 11.8 Å². The SMILES string of the molecule is Cc1noc(C)c1CSCC(=O)NC1CCC(C(F)(F)F)CC1. The number of alkyl halides is 3. The summed E-state index contributed by atoms with van der Waals surface area (Å²) in [4.78, 5) is 11.9. The van der Waals surface area contributed by atoms with E-state index in [-0.39, 0.29) is 30.5 Å². The monoisotopic (exact) mass is 350 g/mol. The van der Waals surface area contributed by atoms with E-state index in [1.165, 1.54) is 11.8 Å². The van der Waals surface area contributed by atoms with E-state index in [4.69, 9.17) is 4.52 Å². The van der Waals surface area contributed by atoms with Gasteiger partial charge < -0.3 is 9.84 Å². The quantitative estimate of drug-likeness (QED) is 0.878. The highest BCUT2D eigenvalue weighted by Gasteiger charge is 2.41. The van der Waals surface area contributed by atoms with Crippen LogP contribution in [0.3, 0.4) is 0 Å². The van der Waals surface area contributed by atoms with Gasteiger partial charge in [-0.3, -0.25) is 4.79 Å². The lowest BCUT2D eigenvalue weighted by Gasteiger charge is -2.30. The highest BCUT2D eigenvalue weighted by Crippen LogP contribution is 2.37. The molecule has 1 amide bonds. The number of nitrogens with one attached hydrogen (secondary N) is 1. The molecule has 0 radical (unpaired) electrons. The molecule has 0 atom stereocenters. The minimum atomic E-state index is -4.11. The second-order valence-electron chi connectivity index (χ2n) is 5.95. The molecule has 1 aromatic rings. The molecule has 1 saturated carbocycles. The van der Waals surface area contributed by atoms with E-state index in [2.05, 4.69) is 10.5 Å². The molecule has 2 rings (SSSR count). The number of nitrogens with zero attached hydrogens (tertiary/aromatic N) is 1. The van der Waals surface area contributed by atoms with Crippen molar-refractivity contribution < 1.29 is 22.5 Å². The Bertz CT molecular complexity index is 518. The summed E-state index contributed by atoms with van der Waals surface area (Å²) in [5, 5.41) is 6.69. The van der Waals surface area contributed by atoms with Gasteiger partial charge in [0.25, 0.3) is 0 Å². The predicted octanol–water partition coefficient (Wildman–Crippen LogP) is 3.76. The Morgan fingerprint density at radius 3 is 2.48 bits per heavy atom. The van der Waals surface area contributed by atoms with Crippen LogP contribution in [0, 0.1) is 19.8 Å². The number of hydrogen-bond donors (Lipinski definition) is 1. The van der Waals surface area contributed by atoms with E-state index in [0.717, 1.165) is 17.0 Å². The van der Waals surface area contributed by atoms with Crippen LogP contribution in [0.15, 0.2) is 4.52 Å². The van der Waals surface area contributed by atoms with Crippen molar-refractivity contribution in [1.29, 1.82) is 0 Å². The normalized spacial score (nSPS) is 22.1. The molecule has 0 bridgehead atoms. The minimum Gasteiger partial charge on any atom is -0.361 e. The number of amides is 1. The maximum absolute atomic E-state index is 12.6. The highest BCUT2D eigenvalue weighted by atomic mass is 32.2. The van der Waals surface area contributed by atoms with Gasteiger partial charge in [-0.1, -0.05) is 5.16 Å². The molecule has 0 spiro atoms. The van der Waals surface area contributed by atoms with Crippen LogP contribution in [0.5, 0.6) is 0 Å². The summed E-state index contributed by atoms with van der Waals surface area (Å²) in [6.07, 6.45) is -3.13. The number of rotatable bonds is 5. The Morgan fingerprint density at radius 2 is 1.96 bits per heavy atom. The number of halogens is 3. The lowest BCUT2D eigenvalue weighted by molar-refractivity contribution is -0.182. The molecular weight excluding hydrogens is 329 g/mol. The zero-order chi connectivity index (χ0) is 17.0. The van der Waals surface area contributed by atoms with Crippen LogP contribution < -0.4 is 5.32 Å². The van der Waals surface area contributed by atoms with E-state index in [1.54, 1.807) is 0 Å². The maximum atomic E-state index is 12.6. The van der Waals surface area contributed by atoms with Crippen molar-refractivity contribution in [2.24, 2.45) is 5.92 Å². The van der Waals surface area contributed by atoms with Crippen molar-refractivity contribution in [3.8, 4) is 0 Å². The molecule has 1 aliphatic rings. The van der Waals surface area contributed by atoms with Crippen molar-refractivity contribution in [2.45, 2.75) is 57.5 Å². The fourth-order valence-electron chi connectivity index (χ4n) is 2.79. The smallest absolute Gasteiger partial charge is 0.361 e. The molecule has 0 aromatic carbocycles. The fourth-order valence-corrected chi connectivity index (χ4v) is 3.78. The highest BCUT2D eigenvalue weighted by molar-refractivity contribution is 7.99. The van der Waals surface area contributed by atoms with Crippen molar-refractivity contribution in [2.75, 3.05) is 5.75 Å². The molecule has 130 valence electrons. The van der Waals surface area contributed by atoms with E-state index in [9.17, 15) is 18.0 Å². The van der Waals surface area contributed by atoms with Gasteiger partial charge >= 0.3 is 6.18 Å². The number of carbonyl (C=O) groups is 1. The van der Waals surface area contributed by atoms with Crippen LogP contribution in [0.2, 0.25) is 0 Å². The second kappa shape index (κ2) is 7.59. The second-order valence-corrected chi connectivity index (χ2v) is 6.94. The van der Waals surface area contributed by atoms with Gasteiger partial charge in [0.1, 0.15) is 5.76 Å². The number of hydrogen-bond acceptors (Lipinski definition) is 4. The zero-order valence-corrected chi connectivity index (χ0v) is 14.0. The lowest BCUT2D eigenvalue weighted by Crippen LogP contribution is -2.40. The lowest BCUT2D eigenvalue weighted by atomic mass is 9.85. The molecule has 0 unspecified atom stereocenters. The number of carbonyl (C=O) groups excluding carboxylic acids is 1. The van der Waals surface area contributed by atoms with Gasteiger partial charge in [-0.05, 0) is 39.5 Å². The molecule has 1 heterocycles. The van der Waals surface area contributed by atoms with Crippen molar-refractivity contribution in [3.63, 3.8) is 0 Å². The first-order valence-corrected chi connectivity index (χ1v) is 8.78. The summed E-state index contributed by atoms with van der Waals surface area (Å²) in [5.41, 5.74) is 1.81. The summed E-state index contributed by atoms with van der Waals surface area (Å²) in [6.45, 7) is 3.68. The molecule has 0 saturated heterocycles. The first-order chi connectivity index (χ1) is 10.8.